The Morgan fingerprint density at radius 1 is 1.33 bits per heavy atom. The van der Waals surface area contributed by atoms with E-state index in [0.717, 1.165) is 30.0 Å². The molecule has 0 saturated carbocycles. The Kier molecular flexibility index (Phi) is 4.07. The predicted molar refractivity (Wildman–Crippen MR) is 68.7 cm³/mol. The van der Waals surface area contributed by atoms with Crippen LogP contribution in [-0.2, 0) is 11.2 Å². The normalized spacial score (nSPS) is 12.8. The smallest absolute Gasteiger partial charge is 0.231 e. The van der Waals surface area contributed by atoms with Gasteiger partial charge in [0.1, 0.15) is 0 Å². The van der Waals surface area contributed by atoms with Gasteiger partial charge in [-0.25, -0.2) is 0 Å². The maximum atomic E-state index is 11.6. The number of nitrogens with one attached hydrogen (secondary N) is 1. The van der Waals surface area contributed by atoms with E-state index in [0.29, 0.717) is 12.3 Å². The number of benzene rings is 1. The number of aryl methyl sites for hydroxylation is 1. The van der Waals surface area contributed by atoms with Crippen LogP contribution in [0.1, 0.15) is 25.8 Å². The van der Waals surface area contributed by atoms with Crippen molar-refractivity contribution in [2.24, 2.45) is 5.92 Å². The average molecular weight is 249 g/mol. The lowest BCUT2D eigenvalue weighted by molar-refractivity contribution is -0.121. The fraction of sp³-hybridized carbons (Fsp3) is 0.500. The lowest BCUT2D eigenvalue weighted by Gasteiger charge is -2.07. The van der Waals surface area contributed by atoms with Crippen LogP contribution in [0.5, 0.6) is 11.5 Å². The van der Waals surface area contributed by atoms with Crippen molar-refractivity contribution in [1.29, 1.82) is 0 Å². The number of ether oxygens (including phenoxy) is 2. The molecule has 0 fully saturated rings. The summed E-state index contributed by atoms with van der Waals surface area (Å²) in [4.78, 5) is 11.6. The van der Waals surface area contributed by atoms with Gasteiger partial charge in [0.25, 0.3) is 0 Å². The Bertz CT molecular complexity index is 429. The summed E-state index contributed by atoms with van der Waals surface area (Å²) in [5.41, 5.74) is 1.10. The number of rotatable bonds is 5. The van der Waals surface area contributed by atoms with Gasteiger partial charge in [-0.3, -0.25) is 4.79 Å². The Labute approximate surface area is 107 Å². The van der Waals surface area contributed by atoms with E-state index in [-0.39, 0.29) is 12.7 Å². The highest BCUT2D eigenvalue weighted by molar-refractivity contribution is 5.76. The molecule has 4 nitrogen and oxygen atoms in total. The number of hydrogen-bond donors (Lipinski definition) is 1. The van der Waals surface area contributed by atoms with Crippen molar-refractivity contribution in [2.45, 2.75) is 26.7 Å². The van der Waals surface area contributed by atoms with E-state index in [4.69, 9.17) is 9.47 Å². The Morgan fingerprint density at radius 2 is 2.11 bits per heavy atom. The first kappa shape index (κ1) is 12.7. The molecule has 98 valence electrons. The highest BCUT2D eigenvalue weighted by Gasteiger charge is 2.13. The van der Waals surface area contributed by atoms with E-state index in [2.05, 4.69) is 19.2 Å². The molecular formula is C14H19NO3. The summed E-state index contributed by atoms with van der Waals surface area (Å²) < 4.78 is 10.5. The summed E-state index contributed by atoms with van der Waals surface area (Å²) in [6, 6.07) is 5.81. The molecule has 1 aromatic rings. The van der Waals surface area contributed by atoms with Crippen LogP contribution in [0.15, 0.2) is 18.2 Å². The van der Waals surface area contributed by atoms with Gasteiger partial charge in [0.15, 0.2) is 11.5 Å². The molecule has 1 aromatic carbocycles. The van der Waals surface area contributed by atoms with E-state index < -0.39 is 0 Å². The molecule has 1 aliphatic rings. The maximum absolute atomic E-state index is 11.6. The Hall–Kier alpha value is -1.71. The fourth-order valence-corrected chi connectivity index (χ4v) is 1.76. The molecular weight excluding hydrogens is 230 g/mol. The molecule has 0 radical (unpaired) electrons. The molecule has 1 amide bonds. The lowest BCUT2D eigenvalue weighted by Crippen LogP contribution is -2.27. The van der Waals surface area contributed by atoms with Crippen molar-refractivity contribution in [3.63, 3.8) is 0 Å². The van der Waals surface area contributed by atoms with Crippen molar-refractivity contribution >= 4 is 5.91 Å². The molecule has 1 N–H and O–H groups in total. The van der Waals surface area contributed by atoms with E-state index in [1.165, 1.54) is 0 Å². The van der Waals surface area contributed by atoms with E-state index in [1.54, 1.807) is 0 Å². The molecule has 0 atom stereocenters. The van der Waals surface area contributed by atoms with Crippen LogP contribution in [0.3, 0.4) is 0 Å². The first-order chi connectivity index (χ1) is 8.65. The van der Waals surface area contributed by atoms with Gasteiger partial charge >= 0.3 is 0 Å². The molecule has 0 bridgehead atoms. The predicted octanol–water partition coefficient (Wildman–Crippen LogP) is 2.12. The van der Waals surface area contributed by atoms with Crippen LogP contribution >= 0.6 is 0 Å². The third-order valence-corrected chi connectivity index (χ3v) is 2.79. The summed E-state index contributed by atoms with van der Waals surface area (Å²) in [5, 5.41) is 2.91. The molecule has 1 aliphatic heterocycles. The molecule has 0 saturated heterocycles. The second-order valence-corrected chi connectivity index (χ2v) is 4.89. The van der Waals surface area contributed by atoms with Crippen molar-refractivity contribution in [2.75, 3.05) is 13.3 Å². The Morgan fingerprint density at radius 3 is 2.89 bits per heavy atom. The molecule has 2 rings (SSSR count). The molecule has 4 heteroatoms. The second-order valence-electron chi connectivity index (χ2n) is 4.89. The molecule has 0 unspecified atom stereocenters. The first-order valence-corrected chi connectivity index (χ1v) is 6.30. The summed E-state index contributed by atoms with van der Waals surface area (Å²) in [6.07, 6.45) is 1.23. The largest absolute Gasteiger partial charge is 0.454 e. The van der Waals surface area contributed by atoms with Gasteiger partial charge < -0.3 is 14.8 Å². The van der Waals surface area contributed by atoms with Crippen LogP contribution in [0, 0.1) is 5.92 Å². The first-order valence-electron chi connectivity index (χ1n) is 6.30. The fourth-order valence-electron chi connectivity index (χ4n) is 1.76. The minimum Gasteiger partial charge on any atom is -0.454 e. The van der Waals surface area contributed by atoms with Crippen molar-refractivity contribution in [3.05, 3.63) is 23.8 Å². The zero-order chi connectivity index (χ0) is 13.0. The summed E-state index contributed by atoms with van der Waals surface area (Å²) in [5.74, 6) is 2.14. The van der Waals surface area contributed by atoms with Gasteiger partial charge in [0.05, 0.1) is 0 Å². The summed E-state index contributed by atoms with van der Waals surface area (Å²) in [7, 11) is 0. The van der Waals surface area contributed by atoms with Crippen LogP contribution in [0.2, 0.25) is 0 Å². The zero-order valence-corrected chi connectivity index (χ0v) is 10.9. The monoisotopic (exact) mass is 249 g/mol. The number of carbonyl (C=O) groups is 1. The number of fused-ring (bicyclic) bond motifs is 1. The van der Waals surface area contributed by atoms with Gasteiger partial charge in [-0.1, -0.05) is 19.9 Å². The van der Waals surface area contributed by atoms with Crippen molar-refractivity contribution < 1.29 is 14.3 Å². The molecule has 0 aromatic heterocycles. The lowest BCUT2D eigenvalue weighted by atomic mass is 10.1. The van der Waals surface area contributed by atoms with Crippen LogP contribution in [-0.4, -0.2) is 19.2 Å². The van der Waals surface area contributed by atoms with Gasteiger partial charge in [0, 0.05) is 13.0 Å². The number of carbonyl (C=O) groups excluding carboxylic acids is 1. The molecule has 0 spiro atoms. The standard InChI is InChI=1S/C14H19NO3/c1-10(2)8-15-14(16)6-4-11-3-5-12-13(7-11)18-9-17-12/h3,5,7,10H,4,6,8-9H2,1-2H3,(H,15,16). The average Bonchev–Trinajstić information content (AvgIpc) is 2.81. The van der Waals surface area contributed by atoms with Gasteiger partial charge in [-0.15, -0.1) is 0 Å². The minimum absolute atomic E-state index is 0.0985. The van der Waals surface area contributed by atoms with Gasteiger partial charge in [0.2, 0.25) is 12.7 Å². The molecule has 0 aliphatic carbocycles. The third-order valence-electron chi connectivity index (χ3n) is 2.79. The maximum Gasteiger partial charge on any atom is 0.231 e. The molecule has 18 heavy (non-hydrogen) atoms. The highest BCUT2D eigenvalue weighted by atomic mass is 16.7. The van der Waals surface area contributed by atoms with Crippen LogP contribution in [0.25, 0.3) is 0 Å². The Balaban J connectivity index is 1.81. The highest BCUT2D eigenvalue weighted by Crippen LogP contribution is 2.32. The van der Waals surface area contributed by atoms with E-state index in [9.17, 15) is 4.79 Å². The topological polar surface area (TPSA) is 47.6 Å². The molecule has 1 heterocycles. The van der Waals surface area contributed by atoms with Crippen LogP contribution < -0.4 is 14.8 Å². The summed E-state index contributed by atoms with van der Waals surface area (Å²) >= 11 is 0. The van der Waals surface area contributed by atoms with Gasteiger partial charge in [-0.05, 0) is 30.0 Å². The van der Waals surface area contributed by atoms with Gasteiger partial charge in [-0.2, -0.15) is 0 Å². The van der Waals surface area contributed by atoms with E-state index >= 15 is 0 Å². The van der Waals surface area contributed by atoms with Crippen molar-refractivity contribution in [3.8, 4) is 11.5 Å². The minimum atomic E-state index is 0.0985. The third kappa shape index (κ3) is 3.39. The zero-order valence-electron chi connectivity index (χ0n) is 10.9. The van der Waals surface area contributed by atoms with Crippen molar-refractivity contribution in [1.82, 2.24) is 5.32 Å². The van der Waals surface area contributed by atoms with E-state index in [1.807, 2.05) is 18.2 Å². The number of amides is 1. The van der Waals surface area contributed by atoms with Crippen LogP contribution in [0.4, 0.5) is 0 Å². The SMILES string of the molecule is CC(C)CNC(=O)CCc1ccc2c(c1)OCO2. The summed E-state index contributed by atoms with van der Waals surface area (Å²) in [6.45, 7) is 5.18. The number of hydrogen-bond acceptors (Lipinski definition) is 3. The quantitative estimate of drug-likeness (QED) is 0.869. The second kappa shape index (κ2) is 5.76.